The first-order valence-electron chi connectivity index (χ1n) is 8.33. The Morgan fingerprint density at radius 2 is 1.89 bits per heavy atom. The average Bonchev–Trinajstić information content (AvgIpc) is 3.00. The molecule has 1 amide bonds. The van der Waals surface area contributed by atoms with Crippen molar-refractivity contribution in [2.24, 2.45) is 0 Å². The van der Waals surface area contributed by atoms with E-state index in [1.807, 2.05) is 0 Å². The van der Waals surface area contributed by atoms with Gasteiger partial charge in [-0.1, -0.05) is 23.7 Å². The first-order chi connectivity index (χ1) is 12.6. The molecule has 1 heterocycles. The summed E-state index contributed by atoms with van der Waals surface area (Å²) in [5.41, 5.74) is 0. The SMILES string of the molecule is C[C@H](C(=O)O)N1CC[C@@H](N(C)S(=O)(=O)c2ccc3cc(Cl)ccc3c2)C1=O. The summed E-state index contributed by atoms with van der Waals surface area (Å²) in [7, 11) is -2.57. The monoisotopic (exact) mass is 410 g/mol. The number of fused-ring (bicyclic) bond motifs is 1. The molecular weight excluding hydrogens is 392 g/mol. The third kappa shape index (κ3) is 3.52. The number of rotatable bonds is 5. The largest absolute Gasteiger partial charge is 0.480 e. The maximum absolute atomic E-state index is 13.0. The topological polar surface area (TPSA) is 95.0 Å². The second-order valence-corrected chi connectivity index (χ2v) is 8.96. The van der Waals surface area contributed by atoms with Crippen molar-refractivity contribution >= 4 is 44.3 Å². The zero-order chi connectivity index (χ0) is 19.9. The molecule has 0 aromatic heterocycles. The summed E-state index contributed by atoms with van der Waals surface area (Å²) in [5, 5.41) is 11.2. The Bertz CT molecular complexity index is 1020. The lowest BCUT2D eigenvalue weighted by Crippen LogP contribution is -2.46. The molecule has 27 heavy (non-hydrogen) atoms. The van der Waals surface area contributed by atoms with Gasteiger partial charge in [0.05, 0.1) is 4.90 Å². The molecule has 1 fully saturated rings. The Hall–Kier alpha value is -2.16. The summed E-state index contributed by atoms with van der Waals surface area (Å²) >= 11 is 5.95. The third-order valence-corrected chi connectivity index (χ3v) is 7.02. The van der Waals surface area contributed by atoms with Crippen LogP contribution in [0.4, 0.5) is 0 Å². The second kappa shape index (κ2) is 7.10. The Labute approximate surface area is 162 Å². The predicted molar refractivity (Wildman–Crippen MR) is 101 cm³/mol. The number of carbonyl (C=O) groups excluding carboxylic acids is 1. The number of carbonyl (C=O) groups is 2. The van der Waals surface area contributed by atoms with Crippen LogP contribution in [-0.4, -0.2) is 60.3 Å². The van der Waals surface area contributed by atoms with Gasteiger partial charge in [0.1, 0.15) is 12.1 Å². The van der Waals surface area contributed by atoms with E-state index in [1.54, 1.807) is 24.3 Å². The van der Waals surface area contributed by atoms with Gasteiger partial charge in [0.15, 0.2) is 0 Å². The van der Waals surface area contributed by atoms with Crippen LogP contribution in [0.5, 0.6) is 0 Å². The number of likely N-dealkylation sites (N-methyl/N-ethyl adjacent to an activating group) is 1. The lowest BCUT2D eigenvalue weighted by molar-refractivity contribution is -0.148. The standard InChI is InChI=1S/C18H19ClN2O5S/c1-11(18(23)24)21-8-7-16(17(21)22)20(2)27(25,26)15-6-4-12-9-14(19)5-3-13(12)10-15/h3-6,9-11,16H,7-8H2,1-2H3,(H,23,24)/t11-,16-/m1/s1. The van der Waals surface area contributed by atoms with E-state index in [2.05, 4.69) is 0 Å². The van der Waals surface area contributed by atoms with Crippen LogP contribution in [0, 0.1) is 0 Å². The van der Waals surface area contributed by atoms with Crippen LogP contribution in [0.2, 0.25) is 5.02 Å². The molecule has 3 rings (SSSR count). The molecule has 0 spiro atoms. The molecule has 1 aliphatic heterocycles. The minimum atomic E-state index is -3.92. The Morgan fingerprint density at radius 1 is 1.26 bits per heavy atom. The highest BCUT2D eigenvalue weighted by molar-refractivity contribution is 7.89. The molecule has 0 unspecified atom stereocenters. The summed E-state index contributed by atoms with van der Waals surface area (Å²) in [6, 6.07) is 7.90. The van der Waals surface area contributed by atoms with Crippen molar-refractivity contribution in [2.75, 3.05) is 13.6 Å². The van der Waals surface area contributed by atoms with Crippen LogP contribution >= 0.6 is 11.6 Å². The van der Waals surface area contributed by atoms with Gasteiger partial charge in [-0.25, -0.2) is 13.2 Å². The number of carboxylic acid groups (broad SMARTS) is 1. The van der Waals surface area contributed by atoms with Crippen LogP contribution < -0.4 is 0 Å². The first kappa shape index (κ1) is 19.6. The molecular formula is C18H19ClN2O5S. The number of likely N-dealkylation sites (tertiary alicyclic amines) is 1. The number of benzene rings is 2. The molecule has 0 aliphatic carbocycles. The molecule has 7 nitrogen and oxygen atoms in total. The summed E-state index contributed by atoms with van der Waals surface area (Å²) in [4.78, 5) is 25.0. The van der Waals surface area contributed by atoms with Gasteiger partial charge in [-0.3, -0.25) is 4.79 Å². The number of halogens is 1. The fourth-order valence-corrected chi connectivity index (χ4v) is 4.79. The molecule has 9 heteroatoms. The number of amides is 1. The minimum absolute atomic E-state index is 0.0670. The molecule has 2 aromatic carbocycles. The zero-order valence-corrected chi connectivity index (χ0v) is 16.4. The molecule has 2 aromatic rings. The van der Waals surface area contributed by atoms with Crippen LogP contribution in [0.1, 0.15) is 13.3 Å². The summed E-state index contributed by atoms with van der Waals surface area (Å²) in [5.74, 6) is -1.62. The Kier molecular flexibility index (Phi) is 5.16. The normalized spacial score (nSPS) is 19.0. The van der Waals surface area contributed by atoms with Crippen molar-refractivity contribution in [1.29, 1.82) is 0 Å². The minimum Gasteiger partial charge on any atom is -0.480 e. The summed E-state index contributed by atoms with van der Waals surface area (Å²) in [6.45, 7) is 1.61. The van der Waals surface area contributed by atoms with Gasteiger partial charge in [0, 0.05) is 18.6 Å². The molecule has 144 valence electrons. The average molecular weight is 411 g/mol. The van der Waals surface area contributed by atoms with Crippen molar-refractivity contribution in [1.82, 2.24) is 9.21 Å². The van der Waals surface area contributed by atoms with Crippen LogP contribution in [0.3, 0.4) is 0 Å². The number of hydrogen-bond acceptors (Lipinski definition) is 4. The lowest BCUT2D eigenvalue weighted by Gasteiger charge is -2.25. The highest BCUT2D eigenvalue weighted by atomic mass is 35.5. The summed E-state index contributed by atoms with van der Waals surface area (Å²) < 4.78 is 27.0. The van der Waals surface area contributed by atoms with E-state index in [9.17, 15) is 18.0 Å². The molecule has 1 saturated heterocycles. The van der Waals surface area contributed by atoms with E-state index >= 15 is 0 Å². The van der Waals surface area contributed by atoms with Crippen molar-refractivity contribution in [3.63, 3.8) is 0 Å². The van der Waals surface area contributed by atoms with E-state index < -0.39 is 34.0 Å². The fraction of sp³-hybridized carbons (Fsp3) is 0.333. The van der Waals surface area contributed by atoms with E-state index in [4.69, 9.17) is 16.7 Å². The number of aliphatic carboxylic acids is 1. The van der Waals surface area contributed by atoms with E-state index in [0.29, 0.717) is 10.4 Å². The Morgan fingerprint density at radius 3 is 2.56 bits per heavy atom. The molecule has 0 bridgehead atoms. The fourth-order valence-electron chi connectivity index (χ4n) is 3.23. The lowest BCUT2D eigenvalue weighted by atomic mass is 10.1. The highest BCUT2D eigenvalue weighted by Gasteiger charge is 2.42. The highest BCUT2D eigenvalue weighted by Crippen LogP contribution is 2.27. The summed E-state index contributed by atoms with van der Waals surface area (Å²) in [6.07, 6.45) is 0.245. The van der Waals surface area contributed by atoms with Crippen LogP contribution in [0.25, 0.3) is 10.8 Å². The smallest absolute Gasteiger partial charge is 0.326 e. The first-order valence-corrected chi connectivity index (χ1v) is 10.2. The maximum Gasteiger partial charge on any atom is 0.326 e. The van der Waals surface area contributed by atoms with E-state index in [1.165, 1.54) is 31.0 Å². The third-order valence-electron chi connectivity index (χ3n) is 4.93. The van der Waals surface area contributed by atoms with Gasteiger partial charge >= 0.3 is 5.97 Å². The van der Waals surface area contributed by atoms with Gasteiger partial charge in [-0.15, -0.1) is 0 Å². The van der Waals surface area contributed by atoms with Gasteiger partial charge in [0.2, 0.25) is 15.9 Å². The quantitative estimate of drug-likeness (QED) is 0.815. The van der Waals surface area contributed by atoms with E-state index in [-0.39, 0.29) is 17.9 Å². The molecule has 1 aliphatic rings. The second-order valence-electron chi connectivity index (χ2n) is 6.52. The van der Waals surface area contributed by atoms with Gasteiger partial charge in [-0.2, -0.15) is 4.31 Å². The number of sulfonamides is 1. The number of carboxylic acids is 1. The molecule has 2 atom stereocenters. The van der Waals surface area contributed by atoms with Crippen LogP contribution in [-0.2, 0) is 19.6 Å². The van der Waals surface area contributed by atoms with Crippen molar-refractivity contribution in [3.05, 3.63) is 41.4 Å². The number of nitrogens with zero attached hydrogens (tertiary/aromatic N) is 2. The van der Waals surface area contributed by atoms with Crippen molar-refractivity contribution < 1.29 is 23.1 Å². The molecule has 0 saturated carbocycles. The van der Waals surface area contributed by atoms with Gasteiger partial charge < -0.3 is 10.0 Å². The van der Waals surface area contributed by atoms with Crippen molar-refractivity contribution in [2.45, 2.75) is 30.3 Å². The Balaban J connectivity index is 1.90. The van der Waals surface area contributed by atoms with Crippen LogP contribution in [0.15, 0.2) is 41.3 Å². The maximum atomic E-state index is 13.0. The number of hydrogen-bond donors (Lipinski definition) is 1. The predicted octanol–water partition coefficient (Wildman–Crippen LogP) is 2.19. The molecule has 1 N–H and O–H groups in total. The van der Waals surface area contributed by atoms with Gasteiger partial charge in [-0.05, 0) is 48.4 Å². The zero-order valence-electron chi connectivity index (χ0n) is 14.8. The van der Waals surface area contributed by atoms with Crippen molar-refractivity contribution in [3.8, 4) is 0 Å². The molecule has 0 radical (unpaired) electrons. The van der Waals surface area contributed by atoms with Gasteiger partial charge in [0.25, 0.3) is 0 Å². The van der Waals surface area contributed by atoms with E-state index in [0.717, 1.165) is 9.69 Å².